The maximum absolute atomic E-state index is 12.1. The van der Waals surface area contributed by atoms with Gasteiger partial charge in [0.2, 0.25) is 17.6 Å². The number of halogens is 1. The number of rotatable bonds is 7. The molecule has 1 saturated heterocycles. The Balaban J connectivity index is 0.00000243. The van der Waals surface area contributed by atoms with Crippen molar-refractivity contribution in [2.75, 3.05) is 20.2 Å². The number of carbonyl (C=O) groups excluding carboxylic acids is 1. The van der Waals surface area contributed by atoms with Crippen molar-refractivity contribution in [3.05, 3.63) is 30.2 Å². The number of ether oxygens (including phenoxy) is 1. The van der Waals surface area contributed by atoms with Crippen LogP contribution in [0.1, 0.15) is 38.1 Å². The van der Waals surface area contributed by atoms with Crippen LogP contribution >= 0.6 is 12.4 Å². The topological polar surface area (TPSA) is 89.3 Å². The first-order valence-corrected chi connectivity index (χ1v) is 8.64. The van der Waals surface area contributed by atoms with E-state index in [1.165, 1.54) is 0 Å². The molecule has 1 aliphatic heterocycles. The highest BCUT2D eigenvalue weighted by molar-refractivity contribution is 5.85. The molecule has 2 heterocycles. The maximum atomic E-state index is 12.1. The third-order valence-electron chi connectivity index (χ3n) is 4.46. The molecule has 8 heteroatoms. The van der Waals surface area contributed by atoms with Gasteiger partial charge in [0.15, 0.2) is 0 Å². The van der Waals surface area contributed by atoms with Gasteiger partial charge in [0.1, 0.15) is 11.8 Å². The lowest BCUT2D eigenvalue weighted by Gasteiger charge is -2.11. The fraction of sp³-hybridized carbons (Fsp3) is 0.500. The molecule has 142 valence electrons. The van der Waals surface area contributed by atoms with Crippen LogP contribution in [0.15, 0.2) is 28.8 Å². The summed E-state index contributed by atoms with van der Waals surface area (Å²) < 4.78 is 10.5. The minimum absolute atomic E-state index is 0. The molecule has 1 aromatic heterocycles. The lowest BCUT2D eigenvalue weighted by Crippen LogP contribution is -2.27. The minimum atomic E-state index is -0.318. The summed E-state index contributed by atoms with van der Waals surface area (Å²) in [6.07, 6.45) is 2.58. The summed E-state index contributed by atoms with van der Waals surface area (Å²) in [7, 11) is 1.61. The second kappa shape index (κ2) is 9.54. The number of carbonyl (C=O) groups is 1. The number of nitrogens with zero attached hydrogens (tertiary/aromatic N) is 2. The van der Waals surface area contributed by atoms with Crippen LogP contribution in [0, 0.1) is 5.92 Å². The van der Waals surface area contributed by atoms with Gasteiger partial charge in [-0.25, -0.2) is 0 Å². The van der Waals surface area contributed by atoms with E-state index < -0.39 is 0 Å². The van der Waals surface area contributed by atoms with Gasteiger partial charge in [0.05, 0.1) is 7.11 Å². The average molecular weight is 381 g/mol. The summed E-state index contributed by atoms with van der Waals surface area (Å²) >= 11 is 0. The van der Waals surface area contributed by atoms with Gasteiger partial charge < -0.3 is 19.9 Å². The molecule has 26 heavy (non-hydrogen) atoms. The molecule has 2 N–H and O–H groups in total. The van der Waals surface area contributed by atoms with Crippen LogP contribution in [0.2, 0.25) is 0 Å². The number of nitrogens with one attached hydrogen (secondary N) is 2. The molecule has 1 aromatic carbocycles. The first kappa shape index (κ1) is 20.2. The number of hydrogen-bond donors (Lipinski definition) is 2. The van der Waals surface area contributed by atoms with Crippen molar-refractivity contribution in [3.63, 3.8) is 0 Å². The number of hydrogen-bond acceptors (Lipinski definition) is 6. The van der Waals surface area contributed by atoms with Crippen molar-refractivity contribution in [2.24, 2.45) is 5.92 Å². The second-order valence-corrected chi connectivity index (χ2v) is 6.37. The zero-order valence-corrected chi connectivity index (χ0v) is 15.8. The molecule has 2 atom stereocenters. The van der Waals surface area contributed by atoms with Gasteiger partial charge in [-0.3, -0.25) is 4.79 Å². The monoisotopic (exact) mass is 380 g/mol. The molecular weight excluding hydrogens is 356 g/mol. The van der Waals surface area contributed by atoms with E-state index in [4.69, 9.17) is 9.26 Å². The van der Waals surface area contributed by atoms with Gasteiger partial charge in [0.25, 0.3) is 0 Å². The number of benzene rings is 1. The molecule has 3 rings (SSSR count). The third-order valence-corrected chi connectivity index (χ3v) is 4.46. The summed E-state index contributed by atoms with van der Waals surface area (Å²) in [5.74, 6) is 2.22. The molecule has 1 fully saturated rings. The molecule has 0 aliphatic carbocycles. The highest BCUT2D eigenvalue weighted by atomic mass is 35.5. The fourth-order valence-corrected chi connectivity index (χ4v) is 2.96. The van der Waals surface area contributed by atoms with Crippen LogP contribution < -0.4 is 15.4 Å². The first-order valence-electron chi connectivity index (χ1n) is 8.64. The van der Waals surface area contributed by atoms with Crippen molar-refractivity contribution in [3.8, 4) is 17.1 Å². The van der Waals surface area contributed by atoms with E-state index in [0.717, 1.165) is 37.2 Å². The Morgan fingerprint density at radius 2 is 2.35 bits per heavy atom. The summed E-state index contributed by atoms with van der Waals surface area (Å²) in [6.45, 7) is 3.91. The predicted molar refractivity (Wildman–Crippen MR) is 100 cm³/mol. The van der Waals surface area contributed by atoms with E-state index in [1.54, 1.807) is 7.11 Å². The van der Waals surface area contributed by atoms with Crippen LogP contribution in [0.3, 0.4) is 0 Å². The molecule has 0 radical (unpaired) electrons. The molecular formula is C18H25ClN4O3. The summed E-state index contributed by atoms with van der Waals surface area (Å²) in [5.41, 5.74) is 0.807. The van der Waals surface area contributed by atoms with E-state index in [0.29, 0.717) is 24.1 Å². The number of amides is 1. The van der Waals surface area contributed by atoms with Gasteiger partial charge >= 0.3 is 0 Å². The Bertz CT molecular complexity index is 716. The van der Waals surface area contributed by atoms with Crippen molar-refractivity contribution in [1.82, 2.24) is 20.8 Å². The second-order valence-electron chi connectivity index (χ2n) is 6.37. The zero-order valence-electron chi connectivity index (χ0n) is 15.0. The van der Waals surface area contributed by atoms with Crippen molar-refractivity contribution >= 4 is 18.3 Å². The normalized spacial score (nSPS) is 17.4. The van der Waals surface area contributed by atoms with Gasteiger partial charge in [-0.2, -0.15) is 4.98 Å². The molecule has 0 saturated carbocycles. The minimum Gasteiger partial charge on any atom is -0.497 e. The molecule has 2 unspecified atom stereocenters. The Morgan fingerprint density at radius 1 is 1.50 bits per heavy atom. The molecule has 1 aliphatic rings. The van der Waals surface area contributed by atoms with Gasteiger partial charge in [0, 0.05) is 12.0 Å². The molecule has 1 amide bonds. The van der Waals surface area contributed by atoms with Crippen LogP contribution in [0.4, 0.5) is 0 Å². The molecule has 0 spiro atoms. The Hall–Kier alpha value is -2.12. The van der Waals surface area contributed by atoms with Crippen LogP contribution in [-0.4, -0.2) is 36.2 Å². The van der Waals surface area contributed by atoms with Gasteiger partial charge in [-0.15, -0.1) is 12.4 Å². The highest BCUT2D eigenvalue weighted by Crippen LogP contribution is 2.23. The van der Waals surface area contributed by atoms with Crippen molar-refractivity contribution in [1.29, 1.82) is 0 Å². The lowest BCUT2D eigenvalue weighted by atomic mass is 10.0. The fourth-order valence-electron chi connectivity index (χ4n) is 2.96. The van der Waals surface area contributed by atoms with Gasteiger partial charge in [-0.05, 0) is 50.9 Å². The van der Waals surface area contributed by atoms with Gasteiger partial charge in [-0.1, -0.05) is 17.3 Å². The quantitative estimate of drug-likeness (QED) is 0.767. The predicted octanol–water partition coefficient (Wildman–Crippen LogP) is 2.73. The summed E-state index contributed by atoms with van der Waals surface area (Å²) in [5, 5.41) is 10.2. The SMILES string of the molecule is COc1cccc(-c2noc(C(C)NC(=O)CCC3CCNC3)n2)c1.Cl. The Labute approximate surface area is 159 Å². The molecule has 2 aromatic rings. The van der Waals surface area contributed by atoms with E-state index >= 15 is 0 Å². The van der Waals surface area contributed by atoms with E-state index in [-0.39, 0.29) is 24.4 Å². The van der Waals surface area contributed by atoms with Crippen molar-refractivity contribution in [2.45, 2.75) is 32.2 Å². The van der Waals surface area contributed by atoms with Crippen LogP contribution in [0.5, 0.6) is 5.75 Å². The zero-order chi connectivity index (χ0) is 17.6. The standard InChI is InChI=1S/C18H24N4O3.ClH/c1-12(20-16(23)7-6-13-8-9-19-11-13)18-21-17(22-25-18)14-4-3-5-15(10-14)24-2;/h3-5,10,12-13,19H,6-9,11H2,1-2H3,(H,20,23);1H. The highest BCUT2D eigenvalue weighted by Gasteiger charge is 2.19. The third kappa shape index (κ3) is 5.19. The molecule has 0 bridgehead atoms. The largest absolute Gasteiger partial charge is 0.497 e. The Kier molecular flexibility index (Phi) is 7.41. The number of methoxy groups -OCH3 is 1. The number of aromatic nitrogens is 2. The summed E-state index contributed by atoms with van der Waals surface area (Å²) in [4.78, 5) is 16.5. The molecule has 7 nitrogen and oxygen atoms in total. The first-order chi connectivity index (χ1) is 12.2. The Morgan fingerprint density at radius 3 is 3.08 bits per heavy atom. The lowest BCUT2D eigenvalue weighted by molar-refractivity contribution is -0.122. The van der Waals surface area contributed by atoms with E-state index in [1.807, 2.05) is 31.2 Å². The van der Waals surface area contributed by atoms with E-state index in [2.05, 4.69) is 20.8 Å². The van der Waals surface area contributed by atoms with Crippen LogP contribution in [0.25, 0.3) is 11.4 Å². The smallest absolute Gasteiger partial charge is 0.249 e. The average Bonchev–Trinajstić information content (AvgIpc) is 3.31. The summed E-state index contributed by atoms with van der Waals surface area (Å²) in [6, 6.07) is 7.13. The van der Waals surface area contributed by atoms with E-state index in [9.17, 15) is 4.79 Å². The van der Waals surface area contributed by atoms with Crippen LogP contribution in [-0.2, 0) is 4.79 Å². The van der Waals surface area contributed by atoms with Crippen molar-refractivity contribution < 1.29 is 14.1 Å². The maximum Gasteiger partial charge on any atom is 0.249 e.